The van der Waals surface area contributed by atoms with E-state index in [1.807, 2.05) is 31.2 Å². The fourth-order valence-corrected chi connectivity index (χ4v) is 3.71. The summed E-state index contributed by atoms with van der Waals surface area (Å²) in [6, 6.07) is 18.2. The van der Waals surface area contributed by atoms with Gasteiger partial charge in [0.1, 0.15) is 18.2 Å². The normalized spacial score (nSPS) is 10.8. The second-order valence-corrected chi connectivity index (χ2v) is 8.22. The Kier molecular flexibility index (Phi) is 9.41. The van der Waals surface area contributed by atoms with Crippen molar-refractivity contribution in [1.29, 1.82) is 5.26 Å². The molecule has 0 saturated heterocycles. The average molecular weight is 518 g/mol. The number of amides is 1. The highest BCUT2D eigenvalue weighted by Gasteiger charge is 2.16. The first-order chi connectivity index (χ1) is 17.8. The molecule has 0 aliphatic carbocycles. The van der Waals surface area contributed by atoms with E-state index in [1.165, 1.54) is 30.3 Å². The first-order valence-electron chi connectivity index (χ1n) is 11.3. The van der Waals surface area contributed by atoms with Crippen LogP contribution in [0.15, 0.2) is 78.9 Å². The third-order valence-electron chi connectivity index (χ3n) is 5.08. The molecule has 9 heteroatoms. The van der Waals surface area contributed by atoms with Crippen LogP contribution in [0.25, 0.3) is 6.08 Å². The fourth-order valence-electron chi connectivity index (χ4n) is 3.49. The highest BCUT2D eigenvalue weighted by Crippen LogP contribution is 2.35. The molecule has 0 unspecified atom stereocenters. The van der Waals surface area contributed by atoms with Crippen molar-refractivity contribution in [2.45, 2.75) is 20.0 Å². The maximum absolute atomic E-state index is 12.7. The molecule has 0 saturated carbocycles. The summed E-state index contributed by atoms with van der Waals surface area (Å²) in [4.78, 5) is 23.2. The molecule has 3 rings (SSSR count). The quantitative estimate of drug-likeness (QED) is 0.102. The number of nitro groups is 1. The van der Waals surface area contributed by atoms with Gasteiger partial charge in [0.15, 0.2) is 11.5 Å². The van der Waals surface area contributed by atoms with E-state index in [1.54, 1.807) is 24.3 Å². The van der Waals surface area contributed by atoms with E-state index in [9.17, 15) is 20.2 Å². The maximum atomic E-state index is 12.7. The smallest absolute Gasteiger partial charge is 0.271 e. The maximum Gasteiger partial charge on any atom is 0.271 e. The van der Waals surface area contributed by atoms with Crippen molar-refractivity contribution in [1.82, 2.24) is 0 Å². The third kappa shape index (κ3) is 7.43. The van der Waals surface area contributed by atoms with E-state index in [0.29, 0.717) is 35.1 Å². The Bertz CT molecular complexity index is 1390. The molecule has 3 aromatic rings. The number of carbonyl (C=O) groups excluding carboxylic acids is 1. The van der Waals surface area contributed by atoms with Gasteiger partial charge in [-0.25, -0.2) is 0 Å². The van der Waals surface area contributed by atoms with Gasteiger partial charge in [0.2, 0.25) is 0 Å². The lowest BCUT2D eigenvalue weighted by Crippen LogP contribution is -2.13. The lowest BCUT2D eigenvalue weighted by atomic mass is 10.0. The number of ether oxygens (including phenoxy) is 2. The Morgan fingerprint density at radius 3 is 2.65 bits per heavy atom. The van der Waals surface area contributed by atoms with Crippen LogP contribution in [0.4, 0.5) is 11.4 Å². The molecule has 0 aliphatic heterocycles. The highest BCUT2D eigenvalue weighted by atomic mass is 35.5. The van der Waals surface area contributed by atoms with Gasteiger partial charge < -0.3 is 14.8 Å². The molecule has 0 bridgehead atoms. The van der Waals surface area contributed by atoms with Crippen molar-refractivity contribution < 1.29 is 19.2 Å². The second kappa shape index (κ2) is 12.9. The lowest BCUT2D eigenvalue weighted by molar-refractivity contribution is -0.384. The van der Waals surface area contributed by atoms with Gasteiger partial charge in [0.25, 0.3) is 11.6 Å². The summed E-state index contributed by atoms with van der Waals surface area (Å²) in [5, 5.41) is 23.8. The van der Waals surface area contributed by atoms with Crippen LogP contribution in [0.1, 0.15) is 23.6 Å². The molecule has 0 aliphatic rings. The van der Waals surface area contributed by atoms with E-state index in [2.05, 4.69) is 11.9 Å². The Hall–Kier alpha value is -4.61. The van der Waals surface area contributed by atoms with E-state index >= 15 is 0 Å². The Morgan fingerprint density at radius 1 is 1.19 bits per heavy atom. The number of nitrogens with one attached hydrogen (secondary N) is 1. The molecule has 0 spiro atoms. The number of rotatable bonds is 11. The van der Waals surface area contributed by atoms with Crippen molar-refractivity contribution in [3.05, 3.63) is 111 Å². The molecular formula is C28H24ClN3O5. The zero-order valence-electron chi connectivity index (χ0n) is 20.1. The molecule has 0 heterocycles. The van der Waals surface area contributed by atoms with Crippen molar-refractivity contribution in [2.75, 3.05) is 11.9 Å². The SMILES string of the molecule is C=CCc1cc(/C=C(\C#N)C(=O)Nc2cccc([N+](=O)[O-])c2)cc(OCC)c1OCc1cccc(Cl)c1. The minimum Gasteiger partial charge on any atom is -0.490 e. The Labute approximate surface area is 219 Å². The van der Waals surface area contributed by atoms with Gasteiger partial charge in [-0.2, -0.15) is 5.26 Å². The minimum atomic E-state index is -0.701. The molecular weight excluding hydrogens is 494 g/mol. The average Bonchev–Trinajstić information content (AvgIpc) is 2.87. The topological polar surface area (TPSA) is 114 Å². The zero-order chi connectivity index (χ0) is 26.8. The van der Waals surface area contributed by atoms with Crippen LogP contribution in [0.2, 0.25) is 5.02 Å². The summed E-state index contributed by atoms with van der Waals surface area (Å²) in [5.41, 5.74) is 2.02. The molecule has 0 aromatic heterocycles. The Balaban J connectivity index is 1.92. The van der Waals surface area contributed by atoms with Crippen molar-refractivity contribution >= 4 is 35.0 Å². The number of benzene rings is 3. The van der Waals surface area contributed by atoms with Gasteiger partial charge in [-0.3, -0.25) is 14.9 Å². The summed E-state index contributed by atoms with van der Waals surface area (Å²) < 4.78 is 11.9. The minimum absolute atomic E-state index is 0.177. The molecule has 1 amide bonds. The van der Waals surface area contributed by atoms with Crippen LogP contribution < -0.4 is 14.8 Å². The number of nitrogens with zero attached hydrogens (tertiary/aromatic N) is 2. The van der Waals surface area contributed by atoms with Crippen LogP contribution in [0, 0.1) is 21.4 Å². The first kappa shape index (κ1) is 27.0. The van der Waals surface area contributed by atoms with E-state index in [0.717, 1.165) is 11.1 Å². The number of hydrogen-bond acceptors (Lipinski definition) is 6. The van der Waals surface area contributed by atoms with Crippen LogP contribution in [-0.2, 0) is 17.8 Å². The molecule has 0 radical (unpaired) electrons. The second-order valence-electron chi connectivity index (χ2n) is 7.78. The molecule has 0 atom stereocenters. The summed E-state index contributed by atoms with van der Waals surface area (Å²) >= 11 is 6.08. The van der Waals surface area contributed by atoms with Gasteiger partial charge >= 0.3 is 0 Å². The van der Waals surface area contributed by atoms with Gasteiger partial charge in [0, 0.05) is 28.4 Å². The number of carbonyl (C=O) groups is 1. The number of halogens is 1. The van der Waals surface area contributed by atoms with Gasteiger partial charge in [-0.15, -0.1) is 6.58 Å². The lowest BCUT2D eigenvalue weighted by Gasteiger charge is -2.17. The largest absolute Gasteiger partial charge is 0.490 e. The van der Waals surface area contributed by atoms with Gasteiger partial charge in [0.05, 0.1) is 11.5 Å². The van der Waals surface area contributed by atoms with Crippen LogP contribution in [0.5, 0.6) is 11.5 Å². The van der Waals surface area contributed by atoms with E-state index < -0.39 is 10.8 Å². The van der Waals surface area contributed by atoms with Crippen molar-refractivity contribution in [3.8, 4) is 17.6 Å². The molecule has 188 valence electrons. The van der Waals surface area contributed by atoms with E-state index in [-0.39, 0.29) is 23.6 Å². The van der Waals surface area contributed by atoms with Crippen LogP contribution >= 0.6 is 11.6 Å². The summed E-state index contributed by atoms with van der Waals surface area (Å²) in [7, 11) is 0. The number of nitriles is 1. The zero-order valence-corrected chi connectivity index (χ0v) is 20.8. The molecule has 8 nitrogen and oxygen atoms in total. The highest BCUT2D eigenvalue weighted by molar-refractivity contribution is 6.30. The van der Waals surface area contributed by atoms with Crippen molar-refractivity contribution in [2.24, 2.45) is 0 Å². The van der Waals surface area contributed by atoms with E-state index in [4.69, 9.17) is 21.1 Å². The number of anilines is 1. The molecule has 37 heavy (non-hydrogen) atoms. The third-order valence-corrected chi connectivity index (χ3v) is 5.32. The summed E-state index contributed by atoms with van der Waals surface area (Å²) in [5.74, 6) is 0.275. The number of non-ortho nitro benzene ring substituents is 1. The fraction of sp³-hybridized carbons (Fsp3) is 0.143. The monoisotopic (exact) mass is 517 g/mol. The predicted octanol–water partition coefficient (Wildman–Crippen LogP) is 6.50. The van der Waals surface area contributed by atoms with Crippen LogP contribution in [-0.4, -0.2) is 17.4 Å². The van der Waals surface area contributed by atoms with Crippen LogP contribution in [0.3, 0.4) is 0 Å². The van der Waals surface area contributed by atoms with Gasteiger partial charge in [-0.05, 0) is 60.9 Å². The number of nitro benzene ring substituents is 1. The standard InChI is InChI=1S/C28H24ClN3O5/c1-3-7-21-12-20(13-22(17-30)28(33)31-24-10-6-11-25(16-24)32(34)35)15-26(36-4-2)27(21)37-18-19-8-5-9-23(29)14-19/h3,5-6,8-16H,1,4,7,18H2,2H3,(H,31,33)/b22-13+. The first-order valence-corrected chi connectivity index (χ1v) is 11.7. The number of allylic oxidation sites excluding steroid dienone is 1. The van der Waals surface area contributed by atoms with Crippen molar-refractivity contribution in [3.63, 3.8) is 0 Å². The molecule has 0 fully saturated rings. The predicted molar refractivity (Wildman–Crippen MR) is 143 cm³/mol. The summed E-state index contributed by atoms with van der Waals surface area (Å²) in [6.45, 7) is 6.27. The van der Waals surface area contributed by atoms with Gasteiger partial charge in [-0.1, -0.05) is 35.9 Å². The Morgan fingerprint density at radius 2 is 1.97 bits per heavy atom. The molecule has 3 aromatic carbocycles. The summed E-state index contributed by atoms with van der Waals surface area (Å²) in [6.07, 6.45) is 3.59. The molecule has 1 N–H and O–H groups in total. The number of hydrogen-bond donors (Lipinski definition) is 1.